The lowest BCUT2D eigenvalue weighted by Gasteiger charge is -2.29. The van der Waals surface area contributed by atoms with E-state index in [4.69, 9.17) is 11.6 Å². The molecule has 3 rings (SSSR count). The molecule has 21 heavy (non-hydrogen) atoms. The van der Waals surface area contributed by atoms with Crippen molar-refractivity contribution in [2.45, 2.75) is 6.92 Å². The van der Waals surface area contributed by atoms with E-state index in [9.17, 15) is 18.8 Å². The lowest BCUT2D eigenvalue weighted by Crippen LogP contribution is -2.49. The highest BCUT2D eigenvalue weighted by Gasteiger charge is 2.44. The molecule has 2 aliphatic heterocycles. The van der Waals surface area contributed by atoms with Crippen LogP contribution < -0.4 is 4.90 Å². The molecule has 8 heteroatoms. The molecule has 0 aliphatic carbocycles. The summed E-state index contributed by atoms with van der Waals surface area (Å²) < 4.78 is 13.7. The molecule has 3 amide bonds. The van der Waals surface area contributed by atoms with Crippen LogP contribution >= 0.6 is 11.6 Å². The van der Waals surface area contributed by atoms with E-state index >= 15 is 0 Å². The number of carbonyl (C=O) groups excluding carboxylic acids is 3. The van der Waals surface area contributed by atoms with Crippen LogP contribution in [-0.2, 0) is 14.4 Å². The second kappa shape index (κ2) is 4.49. The minimum Gasteiger partial charge on any atom is -0.269 e. The number of aliphatic imine (C=N–C) groups is 1. The highest BCUT2D eigenvalue weighted by molar-refractivity contribution is 6.48. The van der Waals surface area contributed by atoms with Crippen molar-refractivity contribution in [2.75, 3.05) is 4.90 Å². The summed E-state index contributed by atoms with van der Waals surface area (Å²) in [6.07, 6.45) is 0.624. The number of carbonyl (C=O) groups is 3. The molecule has 6 nitrogen and oxygen atoms in total. The summed E-state index contributed by atoms with van der Waals surface area (Å²) in [5.41, 5.74) is 1.01. The first-order chi connectivity index (χ1) is 9.90. The van der Waals surface area contributed by atoms with E-state index in [1.165, 1.54) is 6.07 Å². The average molecular weight is 308 g/mol. The van der Waals surface area contributed by atoms with Gasteiger partial charge in [0.05, 0.1) is 11.8 Å². The van der Waals surface area contributed by atoms with Gasteiger partial charge in [0.1, 0.15) is 0 Å². The molecular weight excluding hydrogens is 301 g/mol. The third kappa shape index (κ3) is 1.93. The van der Waals surface area contributed by atoms with Crippen LogP contribution in [0.2, 0.25) is 5.02 Å². The van der Waals surface area contributed by atoms with Crippen LogP contribution in [0.25, 0.3) is 0 Å². The molecule has 0 saturated heterocycles. The smallest absolute Gasteiger partial charge is 0.269 e. The summed E-state index contributed by atoms with van der Waals surface area (Å²) in [6.45, 7) is 1.72. The predicted octanol–water partition coefficient (Wildman–Crippen LogP) is 1.53. The van der Waals surface area contributed by atoms with Crippen LogP contribution in [0.5, 0.6) is 0 Å². The van der Waals surface area contributed by atoms with Crippen LogP contribution in [0, 0.1) is 6.92 Å². The molecule has 0 atom stereocenters. The maximum absolute atomic E-state index is 13.7. The number of guanidine groups is 1. The second-order valence-electron chi connectivity index (χ2n) is 4.43. The molecule has 1 aromatic rings. The van der Waals surface area contributed by atoms with Gasteiger partial charge in [-0.05, 0) is 30.7 Å². The topological polar surface area (TPSA) is 70.1 Å². The van der Waals surface area contributed by atoms with Crippen LogP contribution in [0.3, 0.4) is 0 Å². The molecule has 0 radical (unpaired) electrons. The predicted molar refractivity (Wildman–Crippen MR) is 72.2 cm³/mol. The van der Waals surface area contributed by atoms with Crippen molar-refractivity contribution < 1.29 is 18.8 Å². The Morgan fingerprint density at radius 2 is 1.90 bits per heavy atom. The van der Waals surface area contributed by atoms with Gasteiger partial charge in [-0.25, -0.2) is 9.80 Å². The minimum absolute atomic E-state index is 0.330. The highest BCUT2D eigenvalue weighted by Crippen LogP contribution is 2.29. The summed E-state index contributed by atoms with van der Waals surface area (Å²) in [5.74, 6) is -4.50. The summed E-state index contributed by atoms with van der Waals surface area (Å²) in [5, 5.41) is 0.488. The Balaban J connectivity index is 2.15. The zero-order valence-electron chi connectivity index (χ0n) is 10.6. The van der Waals surface area contributed by atoms with E-state index in [2.05, 4.69) is 4.99 Å². The quantitative estimate of drug-likeness (QED) is 0.583. The standard InChI is InChI=1S/C13H7ClFN3O3/c1-6-4-7(2-3-8(6)14)17-10(19)5-9(15)18-12(21)11(20)16-13(17)18/h2-5H,1H3. The first-order valence-corrected chi connectivity index (χ1v) is 6.22. The number of aryl methyl sites for hydroxylation is 1. The van der Waals surface area contributed by atoms with Gasteiger partial charge in [-0.3, -0.25) is 14.4 Å². The Hall–Kier alpha value is -2.54. The van der Waals surface area contributed by atoms with Crippen molar-refractivity contribution in [3.8, 4) is 0 Å². The fourth-order valence-electron chi connectivity index (χ4n) is 2.06. The van der Waals surface area contributed by atoms with Gasteiger partial charge in [0.15, 0.2) is 0 Å². The first-order valence-electron chi connectivity index (χ1n) is 5.84. The zero-order chi connectivity index (χ0) is 15.3. The van der Waals surface area contributed by atoms with Crippen LogP contribution in [0.4, 0.5) is 10.1 Å². The highest BCUT2D eigenvalue weighted by atomic mass is 35.5. The molecule has 2 heterocycles. The Morgan fingerprint density at radius 1 is 1.19 bits per heavy atom. The number of benzene rings is 1. The number of halogens is 2. The number of rotatable bonds is 1. The second-order valence-corrected chi connectivity index (χ2v) is 4.84. The fourth-order valence-corrected chi connectivity index (χ4v) is 2.18. The summed E-state index contributed by atoms with van der Waals surface area (Å²) in [4.78, 5) is 39.8. The van der Waals surface area contributed by atoms with Crippen molar-refractivity contribution in [3.63, 3.8) is 0 Å². The van der Waals surface area contributed by atoms with E-state index < -0.39 is 23.7 Å². The summed E-state index contributed by atoms with van der Waals surface area (Å²) in [6, 6.07) is 4.64. The number of fused-ring (bicyclic) bond motifs is 1. The van der Waals surface area contributed by atoms with Gasteiger partial charge in [0, 0.05) is 5.02 Å². The Morgan fingerprint density at radius 3 is 2.57 bits per heavy atom. The van der Waals surface area contributed by atoms with Gasteiger partial charge in [0.2, 0.25) is 11.9 Å². The van der Waals surface area contributed by atoms with Gasteiger partial charge >= 0.3 is 11.8 Å². The minimum atomic E-state index is -1.14. The van der Waals surface area contributed by atoms with Crippen molar-refractivity contribution >= 4 is 41.0 Å². The average Bonchev–Trinajstić information content (AvgIpc) is 2.70. The maximum Gasteiger partial charge on any atom is 0.339 e. The van der Waals surface area contributed by atoms with Crippen molar-refractivity contribution in [1.29, 1.82) is 0 Å². The van der Waals surface area contributed by atoms with Gasteiger partial charge < -0.3 is 0 Å². The normalized spacial score (nSPS) is 18.0. The number of nitrogens with zero attached hydrogens (tertiary/aromatic N) is 3. The molecule has 1 aromatic carbocycles. The lowest BCUT2D eigenvalue weighted by molar-refractivity contribution is -0.139. The molecule has 0 saturated carbocycles. The zero-order valence-corrected chi connectivity index (χ0v) is 11.4. The third-order valence-electron chi connectivity index (χ3n) is 3.06. The number of hydrogen-bond acceptors (Lipinski definition) is 3. The largest absolute Gasteiger partial charge is 0.339 e. The van der Waals surface area contributed by atoms with Gasteiger partial charge in [0.25, 0.3) is 5.91 Å². The maximum atomic E-state index is 13.7. The fraction of sp³-hybridized carbons (Fsp3) is 0.0769. The van der Waals surface area contributed by atoms with Crippen LogP contribution in [0.1, 0.15) is 5.56 Å². The first kappa shape index (κ1) is 13.4. The molecule has 0 unspecified atom stereocenters. The summed E-state index contributed by atoms with van der Waals surface area (Å²) >= 11 is 5.91. The lowest BCUT2D eigenvalue weighted by atomic mass is 10.2. The monoisotopic (exact) mass is 307 g/mol. The Labute approximate surface area is 123 Å². The van der Waals surface area contributed by atoms with Crippen molar-refractivity contribution in [1.82, 2.24) is 4.90 Å². The van der Waals surface area contributed by atoms with E-state index in [0.29, 0.717) is 27.2 Å². The van der Waals surface area contributed by atoms with Gasteiger partial charge in [-0.2, -0.15) is 9.38 Å². The molecule has 2 aliphatic rings. The van der Waals surface area contributed by atoms with Crippen LogP contribution in [-0.4, -0.2) is 28.6 Å². The van der Waals surface area contributed by atoms with E-state index in [1.54, 1.807) is 19.1 Å². The van der Waals surface area contributed by atoms with E-state index in [0.717, 1.165) is 4.90 Å². The van der Waals surface area contributed by atoms with E-state index in [-0.39, 0.29) is 5.96 Å². The van der Waals surface area contributed by atoms with E-state index in [1.807, 2.05) is 0 Å². The molecule has 0 spiro atoms. The molecular formula is C13H7ClFN3O3. The molecule has 0 aromatic heterocycles. The number of amides is 3. The number of anilines is 1. The molecule has 106 valence electrons. The van der Waals surface area contributed by atoms with Gasteiger partial charge in [-0.15, -0.1) is 0 Å². The Kier molecular flexibility index (Phi) is 2.87. The molecule has 0 fully saturated rings. The van der Waals surface area contributed by atoms with Crippen LogP contribution in [0.15, 0.2) is 35.2 Å². The van der Waals surface area contributed by atoms with Crippen molar-refractivity contribution in [3.05, 3.63) is 40.8 Å². The third-order valence-corrected chi connectivity index (χ3v) is 3.49. The van der Waals surface area contributed by atoms with Crippen molar-refractivity contribution in [2.24, 2.45) is 4.99 Å². The van der Waals surface area contributed by atoms with Gasteiger partial charge in [-0.1, -0.05) is 11.6 Å². The SMILES string of the molecule is Cc1cc(N2C(=O)C=C(F)N3C(=O)C(=O)N=C32)ccc1Cl. The number of hydrogen-bond donors (Lipinski definition) is 0. The summed E-state index contributed by atoms with van der Waals surface area (Å²) in [7, 11) is 0. The Bertz CT molecular complexity index is 772. The molecule has 0 bridgehead atoms. The molecule has 0 N–H and O–H groups in total.